The molecule has 1 nitrogen and oxygen atoms in total. The van der Waals surface area contributed by atoms with E-state index in [4.69, 9.17) is 11.6 Å². The van der Waals surface area contributed by atoms with Crippen molar-refractivity contribution in [1.29, 1.82) is 0 Å². The topological polar surface area (TPSA) is 12.0 Å². The molecule has 0 aromatic heterocycles. The van der Waals surface area contributed by atoms with Crippen molar-refractivity contribution in [2.45, 2.75) is 55.4 Å². The zero-order valence-electron chi connectivity index (χ0n) is 11.4. The molecule has 3 rings (SSSR count). The fourth-order valence-corrected chi connectivity index (χ4v) is 4.63. The number of nitrogens with one attached hydrogen (secondary N) is 1. The quantitative estimate of drug-likeness (QED) is 0.880. The van der Waals surface area contributed by atoms with Gasteiger partial charge in [-0.15, -0.1) is 0 Å². The molecule has 3 heteroatoms. The Hall–Kier alpha value is -0.180. The normalized spacial score (nSPS) is 34.2. The van der Waals surface area contributed by atoms with Crippen molar-refractivity contribution in [3.63, 3.8) is 0 Å². The number of thioether (sulfide) groups is 1. The van der Waals surface area contributed by atoms with Crippen LogP contribution in [0.1, 0.15) is 43.6 Å². The lowest BCUT2D eigenvalue weighted by Gasteiger charge is -2.39. The first-order chi connectivity index (χ1) is 9.26. The summed E-state index contributed by atoms with van der Waals surface area (Å²) in [6.07, 6.45) is 8.96. The molecule has 2 unspecified atom stereocenters. The Bertz CT molecular complexity index is 431. The standard InChI is InChI=1S/C16H22ClNS/c1-19-16-7-3-6-15(16)18-14-9-12(10-14)11-4-2-5-13(17)8-11/h2,4-5,8,12,14-16,18H,3,6-7,9-10H2,1H3. The van der Waals surface area contributed by atoms with Crippen molar-refractivity contribution in [3.8, 4) is 0 Å². The predicted molar refractivity (Wildman–Crippen MR) is 85.3 cm³/mol. The average molecular weight is 296 g/mol. The van der Waals surface area contributed by atoms with E-state index in [0.29, 0.717) is 5.92 Å². The third-order valence-electron chi connectivity index (χ3n) is 4.66. The van der Waals surface area contributed by atoms with Crippen molar-refractivity contribution in [1.82, 2.24) is 5.32 Å². The summed E-state index contributed by atoms with van der Waals surface area (Å²) in [5.41, 5.74) is 1.42. The third kappa shape index (κ3) is 3.12. The van der Waals surface area contributed by atoms with E-state index >= 15 is 0 Å². The van der Waals surface area contributed by atoms with Gasteiger partial charge in [-0.1, -0.05) is 30.2 Å². The lowest BCUT2D eigenvalue weighted by Crippen LogP contribution is -2.47. The van der Waals surface area contributed by atoms with Crippen LogP contribution in [0.5, 0.6) is 0 Å². The molecule has 104 valence electrons. The summed E-state index contributed by atoms with van der Waals surface area (Å²) in [5.74, 6) is 0.713. The Morgan fingerprint density at radius 3 is 2.84 bits per heavy atom. The van der Waals surface area contributed by atoms with Gasteiger partial charge in [0.15, 0.2) is 0 Å². The Kier molecular flexibility index (Phi) is 4.40. The van der Waals surface area contributed by atoms with Crippen LogP contribution in [-0.4, -0.2) is 23.6 Å². The van der Waals surface area contributed by atoms with Crippen molar-refractivity contribution in [2.24, 2.45) is 0 Å². The number of hydrogen-bond donors (Lipinski definition) is 1. The molecule has 0 spiro atoms. The molecule has 0 heterocycles. The molecule has 1 aromatic rings. The molecular weight excluding hydrogens is 274 g/mol. The van der Waals surface area contributed by atoms with Crippen LogP contribution in [0, 0.1) is 0 Å². The summed E-state index contributed by atoms with van der Waals surface area (Å²) < 4.78 is 0. The van der Waals surface area contributed by atoms with Gasteiger partial charge >= 0.3 is 0 Å². The summed E-state index contributed by atoms with van der Waals surface area (Å²) in [5, 5.41) is 5.58. The summed E-state index contributed by atoms with van der Waals surface area (Å²) >= 11 is 8.10. The number of hydrogen-bond acceptors (Lipinski definition) is 2. The summed E-state index contributed by atoms with van der Waals surface area (Å²) in [6.45, 7) is 0. The van der Waals surface area contributed by atoms with Crippen LogP contribution < -0.4 is 5.32 Å². The summed E-state index contributed by atoms with van der Waals surface area (Å²) in [6, 6.07) is 9.85. The second-order valence-corrected chi connectivity index (χ2v) is 7.41. The second-order valence-electron chi connectivity index (χ2n) is 5.90. The maximum absolute atomic E-state index is 6.06. The van der Waals surface area contributed by atoms with Gasteiger partial charge in [0.05, 0.1) is 0 Å². The van der Waals surface area contributed by atoms with Gasteiger partial charge in [-0.25, -0.2) is 0 Å². The lowest BCUT2D eigenvalue weighted by atomic mass is 9.75. The smallest absolute Gasteiger partial charge is 0.0408 e. The van der Waals surface area contributed by atoms with E-state index in [1.54, 1.807) is 0 Å². The Morgan fingerprint density at radius 1 is 1.26 bits per heavy atom. The van der Waals surface area contributed by atoms with Crippen LogP contribution in [0.25, 0.3) is 0 Å². The molecule has 2 aliphatic rings. The van der Waals surface area contributed by atoms with Gasteiger partial charge in [0, 0.05) is 22.4 Å². The van der Waals surface area contributed by atoms with Gasteiger partial charge in [-0.3, -0.25) is 0 Å². The van der Waals surface area contributed by atoms with Gasteiger partial charge in [0.1, 0.15) is 0 Å². The minimum atomic E-state index is 0.713. The summed E-state index contributed by atoms with van der Waals surface area (Å²) in [7, 11) is 0. The Balaban J connectivity index is 1.50. The van der Waals surface area contributed by atoms with Crippen molar-refractivity contribution >= 4 is 23.4 Å². The fraction of sp³-hybridized carbons (Fsp3) is 0.625. The lowest BCUT2D eigenvalue weighted by molar-refractivity contribution is 0.266. The van der Waals surface area contributed by atoms with Gasteiger partial charge < -0.3 is 5.32 Å². The SMILES string of the molecule is CSC1CCCC1NC1CC(c2cccc(Cl)c2)C1. The minimum absolute atomic E-state index is 0.713. The van der Waals surface area contributed by atoms with Crippen molar-refractivity contribution in [3.05, 3.63) is 34.9 Å². The summed E-state index contributed by atoms with van der Waals surface area (Å²) in [4.78, 5) is 0. The van der Waals surface area contributed by atoms with Crippen molar-refractivity contribution in [2.75, 3.05) is 6.26 Å². The van der Waals surface area contributed by atoms with Crippen molar-refractivity contribution < 1.29 is 0 Å². The van der Waals surface area contributed by atoms with Crippen LogP contribution in [0.4, 0.5) is 0 Å². The highest BCUT2D eigenvalue weighted by atomic mass is 35.5. The molecule has 0 radical (unpaired) electrons. The highest BCUT2D eigenvalue weighted by molar-refractivity contribution is 7.99. The van der Waals surface area contributed by atoms with Gasteiger partial charge in [-0.2, -0.15) is 11.8 Å². The molecule has 0 aliphatic heterocycles. The van der Waals surface area contributed by atoms with Crippen LogP contribution in [0.2, 0.25) is 5.02 Å². The first kappa shape index (κ1) is 13.8. The highest BCUT2D eigenvalue weighted by Gasteiger charge is 2.35. The maximum Gasteiger partial charge on any atom is 0.0408 e. The number of benzene rings is 1. The molecule has 1 aromatic carbocycles. The van der Waals surface area contributed by atoms with E-state index in [-0.39, 0.29) is 0 Å². The maximum atomic E-state index is 6.06. The minimum Gasteiger partial charge on any atom is -0.310 e. The van der Waals surface area contributed by atoms with E-state index in [2.05, 4.69) is 29.8 Å². The molecule has 19 heavy (non-hydrogen) atoms. The zero-order valence-corrected chi connectivity index (χ0v) is 13.0. The number of rotatable bonds is 4. The molecule has 2 fully saturated rings. The molecule has 2 atom stereocenters. The molecule has 1 N–H and O–H groups in total. The monoisotopic (exact) mass is 295 g/mol. The van der Waals surface area contributed by atoms with Gasteiger partial charge in [-0.05, 0) is 55.6 Å². The molecular formula is C16H22ClNS. The van der Waals surface area contributed by atoms with E-state index in [1.807, 2.05) is 17.8 Å². The predicted octanol–water partition coefficient (Wildman–Crippen LogP) is 4.46. The zero-order chi connectivity index (χ0) is 13.2. The Morgan fingerprint density at radius 2 is 2.11 bits per heavy atom. The molecule has 2 aliphatic carbocycles. The first-order valence-corrected chi connectivity index (χ1v) is 8.97. The fourth-order valence-electron chi connectivity index (χ4n) is 3.49. The van der Waals surface area contributed by atoms with Crippen LogP contribution in [0.3, 0.4) is 0 Å². The second kappa shape index (κ2) is 6.07. The van der Waals surface area contributed by atoms with E-state index in [0.717, 1.165) is 22.4 Å². The molecule has 2 saturated carbocycles. The largest absolute Gasteiger partial charge is 0.310 e. The third-order valence-corrected chi connectivity index (χ3v) is 6.07. The van der Waals surface area contributed by atoms with Gasteiger partial charge in [0.25, 0.3) is 0 Å². The first-order valence-electron chi connectivity index (χ1n) is 7.30. The van der Waals surface area contributed by atoms with E-state index in [1.165, 1.54) is 37.7 Å². The molecule has 0 bridgehead atoms. The number of halogens is 1. The highest BCUT2D eigenvalue weighted by Crippen LogP contribution is 2.39. The molecule has 0 saturated heterocycles. The Labute approximate surface area is 125 Å². The molecule has 0 amide bonds. The van der Waals surface area contributed by atoms with E-state index in [9.17, 15) is 0 Å². The van der Waals surface area contributed by atoms with Gasteiger partial charge in [0.2, 0.25) is 0 Å². The van der Waals surface area contributed by atoms with Crippen LogP contribution in [-0.2, 0) is 0 Å². The van der Waals surface area contributed by atoms with Crippen LogP contribution >= 0.6 is 23.4 Å². The van der Waals surface area contributed by atoms with E-state index < -0.39 is 0 Å². The average Bonchev–Trinajstić information content (AvgIpc) is 2.80. The van der Waals surface area contributed by atoms with Crippen LogP contribution in [0.15, 0.2) is 24.3 Å².